The molecule has 1 saturated heterocycles. The van der Waals surface area contributed by atoms with Crippen LogP contribution in [0, 0.1) is 5.92 Å². The van der Waals surface area contributed by atoms with E-state index in [0.717, 1.165) is 31.2 Å². The smallest absolute Gasteiger partial charge is 0.256 e. The highest BCUT2D eigenvalue weighted by molar-refractivity contribution is 6.06. The molecule has 4 rings (SSSR count). The predicted octanol–water partition coefficient (Wildman–Crippen LogP) is 3.46. The number of anilines is 1. The number of nitrogens with zero attached hydrogens (tertiary/aromatic N) is 5. The quantitative estimate of drug-likeness (QED) is 0.367. The number of aldehydes is 1. The Morgan fingerprint density at radius 2 is 1.90 bits per heavy atom. The summed E-state index contributed by atoms with van der Waals surface area (Å²) in [6.45, 7) is 11.8. The first-order valence-electron chi connectivity index (χ1n) is 12.9. The van der Waals surface area contributed by atoms with Gasteiger partial charge in [-0.2, -0.15) is 0 Å². The second-order valence-electron chi connectivity index (χ2n) is 10.5. The minimum Gasteiger partial charge on any atom is -0.382 e. The molecule has 0 saturated carbocycles. The van der Waals surface area contributed by atoms with Gasteiger partial charge >= 0.3 is 0 Å². The molecule has 1 aromatic heterocycles. The first-order chi connectivity index (χ1) is 18.6. The number of piperidine rings is 1. The van der Waals surface area contributed by atoms with E-state index in [9.17, 15) is 9.59 Å². The minimum absolute atomic E-state index is 0. The number of hydrogen-bond donors (Lipinski definition) is 3. The van der Waals surface area contributed by atoms with Gasteiger partial charge < -0.3 is 26.5 Å². The molecule has 1 aromatic carbocycles. The van der Waals surface area contributed by atoms with Gasteiger partial charge in [0.1, 0.15) is 23.6 Å². The van der Waals surface area contributed by atoms with E-state index in [0.29, 0.717) is 41.8 Å². The Bertz CT molecular complexity index is 1220. The van der Waals surface area contributed by atoms with E-state index >= 15 is 0 Å². The molecule has 0 bridgehead atoms. The number of nitrogens with two attached hydrogens (primary N) is 2. The maximum Gasteiger partial charge on any atom is 0.256 e. The Morgan fingerprint density at radius 1 is 1.21 bits per heavy atom. The Morgan fingerprint density at radius 3 is 2.51 bits per heavy atom. The average Bonchev–Trinajstić information content (AvgIpc) is 2.90. The molecule has 0 aliphatic carbocycles. The van der Waals surface area contributed by atoms with E-state index in [1.807, 2.05) is 31.9 Å². The second kappa shape index (κ2) is 13.6. The molecule has 10 nitrogen and oxygen atoms in total. The van der Waals surface area contributed by atoms with Crippen LogP contribution in [0.15, 0.2) is 76.7 Å². The molecule has 0 spiro atoms. The van der Waals surface area contributed by atoms with Gasteiger partial charge in [-0.05, 0) is 71.1 Å². The normalized spacial score (nSPS) is 18.8. The van der Waals surface area contributed by atoms with E-state index in [2.05, 4.69) is 31.9 Å². The summed E-state index contributed by atoms with van der Waals surface area (Å²) in [6, 6.07) is 12.4. The van der Waals surface area contributed by atoms with Crippen molar-refractivity contribution in [3.63, 3.8) is 0 Å². The molecule has 1 fully saturated rings. The van der Waals surface area contributed by atoms with Crippen molar-refractivity contribution in [3.8, 4) is 0 Å². The van der Waals surface area contributed by atoms with E-state index < -0.39 is 0 Å². The van der Waals surface area contributed by atoms with Crippen LogP contribution >= 0.6 is 0 Å². The molecular weight excluding hydrogens is 492 g/mol. The van der Waals surface area contributed by atoms with Crippen LogP contribution < -0.4 is 16.8 Å². The number of likely N-dealkylation sites (tertiary alicyclic amines) is 1. The minimum atomic E-state index is -0.260. The highest BCUT2D eigenvalue weighted by Crippen LogP contribution is 2.27. The molecule has 5 N–H and O–H groups in total. The zero-order valence-electron chi connectivity index (χ0n) is 22.9. The summed E-state index contributed by atoms with van der Waals surface area (Å²) in [5.41, 5.74) is 14.1. The van der Waals surface area contributed by atoms with Gasteiger partial charge in [0.2, 0.25) is 0 Å². The van der Waals surface area contributed by atoms with Crippen LogP contribution in [0.4, 0.5) is 5.82 Å². The third-order valence-corrected chi connectivity index (χ3v) is 5.79. The van der Waals surface area contributed by atoms with E-state index in [1.165, 1.54) is 0 Å². The lowest BCUT2D eigenvalue weighted by Gasteiger charge is -2.36. The van der Waals surface area contributed by atoms with E-state index in [4.69, 9.17) is 11.5 Å². The van der Waals surface area contributed by atoms with Gasteiger partial charge in [-0.3, -0.25) is 14.7 Å². The van der Waals surface area contributed by atoms with Crippen LogP contribution in [0.3, 0.4) is 0 Å². The maximum absolute atomic E-state index is 12.6. The predicted molar refractivity (Wildman–Crippen MR) is 157 cm³/mol. The number of aliphatic imine (C=N–C) groups is 2. The molecular formula is C29H38N8O2. The highest BCUT2D eigenvalue weighted by Gasteiger charge is 2.25. The number of aromatic nitrogens is 1. The number of amides is 1. The first-order valence-corrected chi connectivity index (χ1v) is 12.9. The van der Waals surface area contributed by atoms with Crippen molar-refractivity contribution in [2.75, 3.05) is 25.1 Å². The van der Waals surface area contributed by atoms with Crippen LogP contribution in [0.5, 0.6) is 0 Å². The fourth-order valence-electron chi connectivity index (χ4n) is 4.11. The lowest BCUT2D eigenvalue weighted by atomic mass is 10.00. The van der Waals surface area contributed by atoms with Crippen molar-refractivity contribution in [3.05, 3.63) is 77.9 Å². The second-order valence-corrected chi connectivity index (χ2v) is 10.5. The molecule has 39 heavy (non-hydrogen) atoms. The Balaban J connectivity index is 0.000000771. The number of hydrogen-bond acceptors (Lipinski definition) is 9. The lowest BCUT2D eigenvalue weighted by Crippen LogP contribution is -2.44. The summed E-state index contributed by atoms with van der Waals surface area (Å²) < 4.78 is 0. The summed E-state index contributed by atoms with van der Waals surface area (Å²) in [5.74, 6) is 0.591. The first kappa shape index (κ1) is 29.4. The number of amidine groups is 1. The molecule has 2 aromatic rings. The summed E-state index contributed by atoms with van der Waals surface area (Å²) in [4.78, 5) is 40.6. The Kier molecular flexibility index (Phi) is 10.2. The fraction of sp³-hybridized carbons (Fsp3) is 0.345. The largest absolute Gasteiger partial charge is 0.382 e. The van der Waals surface area contributed by atoms with Gasteiger partial charge in [0.25, 0.3) is 5.91 Å². The molecule has 10 heteroatoms. The SMILES string of the molecule is C=N/C(=C1/C(N)=NC=CN1CN1CCCC(C=O)C1)c1ccc(C(=O)Nc2ccccn2)cc1.CC(C)(C)N. The molecule has 2 aliphatic rings. The van der Waals surface area contributed by atoms with E-state index in [1.54, 1.807) is 54.9 Å². The number of carbonyl (C=O) groups excluding carboxylic acids is 2. The molecule has 206 valence electrons. The van der Waals surface area contributed by atoms with Crippen molar-refractivity contribution in [2.45, 2.75) is 39.2 Å². The van der Waals surface area contributed by atoms with Crippen LogP contribution in [-0.4, -0.2) is 64.8 Å². The van der Waals surface area contributed by atoms with Gasteiger partial charge in [0, 0.05) is 47.7 Å². The van der Waals surface area contributed by atoms with Crippen LogP contribution in [0.25, 0.3) is 5.70 Å². The zero-order chi connectivity index (χ0) is 28.4. The van der Waals surface area contributed by atoms with Crippen molar-refractivity contribution >= 4 is 36.3 Å². The molecule has 1 unspecified atom stereocenters. The summed E-state index contributed by atoms with van der Waals surface area (Å²) >= 11 is 0. The van der Waals surface area contributed by atoms with Crippen LogP contribution in [0.2, 0.25) is 0 Å². The molecule has 0 radical (unpaired) electrons. The number of pyridine rings is 1. The third kappa shape index (κ3) is 8.98. The average molecular weight is 531 g/mol. The molecule has 1 atom stereocenters. The van der Waals surface area contributed by atoms with E-state index in [-0.39, 0.29) is 17.4 Å². The maximum atomic E-state index is 12.6. The van der Waals surface area contributed by atoms with Gasteiger partial charge in [-0.15, -0.1) is 0 Å². The Labute approximate surface area is 230 Å². The van der Waals surface area contributed by atoms with Gasteiger partial charge in [0.15, 0.2) is 0 Å². The topological polar surface area (TPSA) is 142 Å². The number of carbonyl (C=O) groups is 2. The Hall–Kier alpha value is -4.15. The molecule has 1 amide bonds. The number of rotatable bonds is 7. The number of nitrogens with one attached hydrogen (secondary N) is 1. The highest BCUT2D eigenvalue weighted by atomic mass is 16.1. The summed E-state index contributed by atoms with van der Waals surface area (Å²) in [7, 11) is 0. The van der Waals surface area contributed by atoms with Crippen molar-refractivity contribution in [1.82, 2.24) is 14.8 Å². The zero-order valence-corrected chi connectivity index (χ0v) is 22.9. The summed E-state index contributed by atoms with van der Waals surface area (Å²) in [6.07, 6.45) is 8.03. The fourth-order valence-corrected chi connectivity index (χ4v) is 4.11. The van der Waals surface area contributed by atoms with Crippen molar-refractivity contribution < 1.29 is 9.59 Å². The third-order valence-electron chi connectivity index (χ3n) is 5.79. The standard InChI is InChI=1S/C25H27N7O2.C4H11N/c1-27-22(19-7-9-20(10-8-19)25(34)30-21-6-2-3-11-28-21)23-24(26)29-12-14-32(23)17-31-13-4-5-18(15-31)16-33;1-4(2,3)5/h2-3,6-12,14,16,18H,1,4-5,13,15,17H2,(H2,26,29)(H,28,30,34);5H2,1-3H3/b23-22-;. The molecule has 2 aliphatic heterocycles. The lowest BCUT2D eigenvalue weighted by molar-refractivity contribution is -0.112. The van der Waals surface area contributed by atoms with Gasteiger partial charge in [0.05, 0.1) is 12.4 Å². The summed E-state index contributed by atoms with van der Waals surface area (Å²) in [5, 5.41) is 2.77. The monoisotopic (exact) mass is 530 g/mol. The van der Waals surface area contributed by atoms with Crippen molar-refractivity contribution in [2.24, 2.45) is 27.4 Å². The van der Waals surface area contributed by atoms with Crippen LogP contribution in [0.1, 0.15) is 49.5 Å². The number of benzene rings is 1. The van der Waals surface area contributed by atoms with Gasteiger partial charge in [-0.1, -0.05) is 18.2 Å². The molecule has 3 heterocycles. The van der Waals surface area contributed by atoms with Gasteiger partial charge in [-0.25, -0.2) is 9.98 Å². The van der Waals surface area contributed by atoms with Crippen molar-refractivity contribution in [1.29, 1.82) is 0 Å². The van der Waals surface area contributed by atoms with Crippen LogP contribution in [-0.2, 0) is 4.79 Å².